The van der Waals surface area contributed by atoms with Crippen LogP contribution in [0.25, 0.3) is 11.2 Å². The van der Waals surface area contributed by atoms with Crippen LogP contribution < -0.4 is 5.73 Å². The van der Waals surface area contributed by atoms with Crippen molar-refractivity contribution in [2.75, 3.05) is 18.9 Å². The van der Waals surface area contributed by atoms with Gasteiger partial charge in [0.1, 0.15) is 5.52 Å². The summed E-state index contributed by atoms with van der Waals surface area (Å²) in [7, 11) is 0. The minimum atomic E-state index is -2.73. The van der Waals surface area contributed by atoms with Gasteiger partial charge in [0.15, 0.2) is 5.65 Å². The zero-order chi connectivity index (χ0) is 20.4. The van der Waals surface area contributed by atoms with Crippen LogP contribution in [-0.4, -0.2) is 44.6 Å². The van der Waals surface area contributed by atoms with Crippen molar-refractivity contribution in [3.05, 3.63) is 12.5 Å². The van der Waals surface area contributed by atoms with E-state index in [1.54, 1.807) is 0 Å². The molecule has 0 amide bonds. The normalized spacial score (nSPS) is 14.7. The number of aryl methyl sites for hydroxylation is 1. The summed E-state index contributed by atoms with van der Waals surface area (Å²) in [4.78, 5) is 34.4. The SMILES string of the molecule is [2H]C([2H])(OC(C)=O)C(CCn1cnc2cnc(N)nc21)C([2H])([2H])OC(C)=O. The maximum atomic E-state index is 11.2. The summed E-state index contributed by atoms with van der Waals surface area (Å²) >= 11 is 0. The number of fused-ring (bicyclic) bond motifs is 1. The van der Waals surface area contributed by atoms with Crippen LogP contribution in [0.1, 0.15) is 25.8 Å². The number of nitrogen functional groups attached to an aromatic ring is 1. The lowest BCUT2D eigenvalue weighted by molar-refractivity contribution is -0.146. The summed E-state index contributed by atoms with van der Waals surface area (Å²) in [6.07, 6.45) is 2.64. The summed E-state index contributed by atoms with van der Waals surface area (Å²) in [5.41, 5.74) is 6.39. The van der Waals surface area contributed by atoms with E-state index in [2.05, 4.69) is 24.4 Å². The first-order valence-corrected chi connectivity index (χ1v) is 6.75. The smallest absolute Gasteiger partial charge is 0.302 e. The van der Waals surface area contributed by atoms with E-state index in [4.69, 9.17) is 11.2 Å². The number of imidazole rings is 1. The third kappa shape index (κ3) is 4.90. The van der Waals surface area contributed by atoms with Crippen LogP contribution in [0.15, 0.2) is 12.5 Å². The Morgan fingerprint density at radius 1 is 1.30 bits per heavy atom. The summed E-state index contributed by atoms with van der Waals surface area (Å²) in [6.45, 7) is -3.41. The molecule has 0 fully saturated rings. The Morgan fingerprint density at radius 2 is 1.96 bits per heavy atom. The van der Waals surface area contributed by atoms with E-state index >= 15 is 0 Å². The molecule has 2 N–H and O–H groups in total. The molecule has 0 aliphatic heterocycles. The van der Waals surface area contributed by atoms with Crippen LogP contribution in [0, 0.1) is 5.92 Å². The third-order valence-corrected chi connectivity index (χ3v) is 2.73. The van der Waals surface area contributed by atoms with Gasteiger partial charge in [0.05, 0.1) is 31.1 Å². The quantitative estimate of drug-likeness (QED) is 0.732. The van der Waals surface area contributed by atoms with E-state index in [1.807, 2.05) is 0 Å². The van der Waals surface area contributed by atoms with Crippen molar-refractivity contribution in [3.63, 3.8) is 0 Å². The molecule has 2 heterocycles. The Kier molecular flexibility index (Phi) is 3.86. The zero-order valence-corrected chi connectivity index (χ0v) is 12.6. The number of esters is 2. The summed E-state index contributed by atoms with van der Waals surface area (Å²) in [5.74, 6) is -3.46. The average Bonchev–Trinajstić information content (AvgIpc) is 2.86. The molecule has 0 aliphatic rings. The second-order valence-electron chi connectivity index (χ2n) is 4.64. The second-order valence-corrected chi connectivity index (χ2v) is 4.64. The molecule has 9 nitrogen and oxygen atoms in total. The number of anilines is 1. The number of rotatable bonds is 7. The molecule has 0 aromatic carbocycles. The maximum Gasteiger partial charge on any atom is 0.302 e. The van der Waals surface area contributed by atoms with Crippen LogP contribution >= 0.6 is 0 Å². The van der Waals surface area contributed by atoms with E-state index in [0.717, 1.165) is 13.8 Å². The second kappa shape index (κ2) is 7.52. The largest absolute Gasteiger partial charge is 0.465 e. The number of ether oxygens (including phenoxy) is 2. The molecule has 0 saturated heterocycles. The predicted molar refractivity (Wildman–Crippen MR) is 81.1 cm³/mol. The zero-order valence-electron chi connectivity index (χ0n) is 16.6. The number of carbonyl (C=O) groups excluding carboxylic acids is 2. The van der Waals surface area contributed by atoms with Gasteiger partial charge in [-0.1, -0.05) is 0 Å². The Bertz CT molecular complexity index is 829. The van der Waals surface area contributed by atoms with Gasteiger partial charge in [0.25, 0.3) is 0 Å². The molecule has 0 radical (unpaired) electrons. The van der Waals surface area contributed by atoms with Gasteiger partial charge in [0, 0.05) is 26.3 Å². The van der Waals surface area contributed by atoms with E-state index in [1.165, 1.54) is 17.1 Å². The van der Waals surface area contributed by atoms with Crippen molar-refractivity contribution in [2.24, 2.45) is 5.92 Å². The van der Waals surface area contributed by atoms with Crippen molar-refractivity contribution < 1.29 is 24.5 Å². The Balaban J connectivity index is 2.31. The number of aromatic nitrogens is 4. The van der Waals surface area contributed by atoms with Gasteiger partial charge in [-0.15, -0.1) is 0 Å². The van der Waals surface area contributed by atoms with Crippen molar-refractivity contribution in [1.29, 1.82) is 0 Å². The summed E-state index contributed by atoms with van der Waals surface area (Å²) in [5, 5.41) is 0. The van der Waals surface area contributed by atoms with Crippen LogP contribution in [0.4, 0.5) is 5.95 Å². The standard InChI is InChI=1S/C14H19N5O4/c1-9(20)22-6-11(7-23-10(2)21)3-4-19-8-17-12-5-16-14(15)18-13(12)19/h5,8,11H,3-4,6-7H2,1-2H3,(H2,15,16,18)/i6D2,7D2. The lowest BCUT2D eigenvalue weighted by Crippen LogP contribution is -2.21. The first-order chi connectivity index (χ1) is 12.4. The number of carbonyl (C=O) groups is 2. The minimum absolute atomic E-state index is 0.0197. The van der Waals surface area contributed by atoms with Gasteiger partial charge in [-0.05, 0) is 6.42 Å². The highest BCUT2D eigenvalue weighted by Crippen LogP contribution is 2.13. The maximum absolute atomic E-state index is 11.2. The van der Waals surface area contributed by atoms with Gasteiger partial charge in [-0.2, -0.15) is 4.98 Å². The van der Waals surface area contributed by atoms with Crippen LogP contribution in [0.5, 0.6) is 0 Å². The van der Waals surface area contributed by atoms with Gasteiger partial charge in [-0.3, -0.25) is 9.59 Å². The third-order valence-electron chi connectivity index (χ3n) is 2.73. The molecular weight excluding hydrogens is 302 g/mol. The highest BCUT2D eigenvalue weighted by molar-refractivity contribution is 5.70. The van der Waals surface area contributed by atoms with Crippen LogP contribution in [0.3, 0.4) is 0 Å². The van der Waals surface area contributed by atoms with Crippen molar-refractivity contribution in [3.8, 4) is 0 Å². The molecule has 2 aromatic heterocycles. The van der Waals surface area contributed by atoms with E-state index in [0.29, 0.717) is 11.2 Å². The highest BCUT2D eigenvalue weighted by atomic mass is 16.5. The van der Waals surface area contributed by atoms with E-state index in [-0.39, 0.29) is 18.9 Å². The molecule has 0 saturated carbocycles. The topological polar surface area (TPSA) is 122 Å². The van der Waals surface area contributed by atoms with E-state index < -0.39 is 31.0 Å². The average molecular weight is 325 g/mol. The molecule has 2 aromatic rings. The first kappa shape index (κ1) is 11.8. The molecule has 124 valence electrons. The molecule has 0 unspecified atom stereocenters. The fourth-order valence-corrected chi connectivity index (χ4v) is 1.75. The number of nitrogens with zero attached hydrogens (tertiary/aromatic N) is 4. The first-order valence-electron chi connectivity index (χ1n) is 8.75. The minimum Gasteiger partial charge on any atom is -0.465 e. The van der Waals surface area contributed by atoms with Crippen molar-refractivity contribution >= 4 is 29.1 Å². The molecule has 23 heavy (non-hydrogen) atoms. The van der Waals surface area contributed by atoms with Gasteiger partial charge in [-0.25, -0.2) is 9.97 Å². The van der Waals surface area contributed by atoms with Gasteiger partial charge in [0.2, 0.25) is 5.95 Å². The monoisotopic (exact) mass is 325 g/mol. The Morgan fingerprint density at radius 3 is 2.57 bits per heavy atom. The molecule has 0 aliphatic carbocycles. The Hall–Kier alpha value is -2.71. The fourth-order valence-electron chi connectivity index (χ4n) is 1.75. The predicted octanol–water partition coefficient (Wildman–Crippen LogP) is 0.541. The van der Waals surface area contributed by atoms with Gasteiger partial charge < -0.3 is 19.8 Å². The highest BCUT2D eigenvalue weighted by Gasteiger charge is 2.14. The summed E-state index contributed by atoms with van der Waals surface area (Å²) in [6, 6.07) is 0. The number of hydrogen-bond donors (Lipinski definition) is 1. The Labute approximate surface area is 138 Å². The molecular formula is C14H19N5O4. The van der Waals surface area contributed by atoms with Gasteiger partial charge >= 0.3 is 11.9 Å². The lowest BCUT2D eigenvalue weighted by atomic mass is 10.1. The lowest BCUT2D eigenvalue weighted by Gasteiger charge is -2.16. The molecule has 0 atom stereocenters. The summed E-state index contributed by atoms with van der Waals surface area (Å²) < 4.78 is 42.6. The van der Waals surface area contributed by atoms with Crippen LogP contribution in [0.2, 0.25) is 0 Å². The fraction of sp³-hybridized carbons (Fsp3) is 0.500. The molecule has 9 heteroatoms. The molecule has 0 spiro atoms. The van der Waals surface area contributed by atoms with Crippen LogP contribution in [-0.2, 0) is 25.6 Å². The van der Waals surface area contributed by atoms with Crippen molar-refractivity contribution in [2.45, 2.75) is 26.8 Å². The molecule has 2 rings (SSSR count). The van der Waals surface area contributed by atoms with E-state index in [9.17, 15) is 9.59 Å². The number of nitrogens with two attached hydrogens (primary N) is 1. The van der Waals surface area contributed by atoms with Crippen molar-refractivity contribution in [1.82, 2.24) is 19.5 Å². The molecule has 0 bridgehead atoms. The number of hydrogen-bond acceptors (Lipinski definition) is 8.